The molecule has 1 saturated heterocycles. The molecule has 2 rings (SSSR count). The van der Waals surface area contributed by atoms with Gasteiger partial charge in [0.15, 0.2) is 0 Å². The van der Waals surface area contributed by atoms with Crippen LogP contribution in [0.1, 0.15) is 33.3 Å². The van der Waals surface area contributed by atoms with Crippen LogP contribution >= 0.6 is 0 Å². The number of ether oxygens (including phenoxy) is 1. The lowest BCUT2D eigenvalue weighted by molar-refractivity contribution is -0.142. The zero-order valence-electron chi connectivity index (χ0n) is 13.5. The SMILES string of the molecule is CC(C)(C)OC(=O)N1C[C@H](C(=O)O)[C@](C)(c2ccccc2)C1. The van der Waals surface area contributed by atoms with Crippen molar-refractivity contribution in [3.05, 3.63) is 35.9 Å². The maximum Gasteiger partial charge on any atom is 0.410 e. The van der Waals surface area contributed by atoms with E-state index in [1.807, 2.05) is 37.3 Å². The van der Waals surface area contributed by atoms with Crippen LogP contribution in [-0.2, 0) is 14.9 Å². The largest absolute Gasteiger partial charge is 0.481 e. The van der Waals surface area contributed by atoms with E-state index >= 15 is 0 Å². The third kappa shape index (κ3) is 3.24. The van der Waals surface area contributed by atoms with Gasteiger partial charge >= 0.3 is 12.1 Å². The van der Waals surface area contributed by atoms with Crippen LogP contribution in [0.15, 0.2) is 30.3 Å². The van der Waals surface area contributed by atoms with Gasteiger partial charge in [-0.05, 0) is 26.3 Å². The number of rotatable bonds is 2. The van der Waals surface area contributed by atoms with Crippen LogP contribution in [0.25, 0.3) is 0 Å². The van der Waals surface area contributed by atoms with Crippen molar-refractivity contribution in [3.8, 4) is 0 Å². The molecule has 0 radical (unpaired) electrons. The molecule has 0 aliphatic carbocycles. The molecule has 120 valence electrons. The highest BCUT2D eigenvalue weighted by molar-refractivity contribution is 5.77. The number of aliphatic carboxylic acids is 1. The van der Waals surface area contributed by atoms with Gasteiger partial charge in [0.1, 0.15) is 5.60 Å². The first-order valence-electron chi connectivity index (χ1n) is 7.40. The van der Waals surface area contributed by atoms with Crippen molar-refractivity contribution in [2.24, 2.45) is 5.92 Å². The van der Waals surface area contributed by atoms with Gasteiger partial charge in [0.25, 0.3) is 0 Å². The fourth-order valence-corrected chi connectivity index (χ4v) is 2.92. The highest BCUT2D eigenvalue weighted by Gasteiger charge is 2.50. The lowest BCUT2D eigenvalue weighted by atomic mass is 9.74. The Morgan fingerprint density at radius 1 is 1.27 bits per heavy atom. The van der Waals surface area contributed by atoms with E-state index < -0.39 is 29.0 Å². The number of hydrogen-bond acceptors (Lipinski definition) is 3. The van der Waals surface area contributed by atoms with Crippen LogP contribution in [0.5, 0.6) is 0 Å². The molecule has 1 aromatic carbocycles. The molecule has 1 aromatic rings. The standard InChI is InChI=1S/C17H23NO4/c1-16(2,3)22-15(21)18-10-13(14(19)20)17(4,11-18)12-8-6-5-7-9-12/h5-9,13H,10-11H2,1-4H3,(H,19,20)/t13-,17+/m1/s1. The summed E-state index contributed by atoms with van der Waals surface area (Å²) >= 11 is 0. The van der Waals surface area contributed by atoms with E-state index in [4.69, 9.17) is 4.74 Å². The minimum absolute atomic E-state index is 0.162. The number of likely N-dealkylation sites (tertiary alicyclic amines) is 1. The molecule has 5 nitrogen and oxygen atoms in total. The van der Waals surface area contributed by atoms with E-state index in [1.165, 1.54) is 4.90 Å². The summed E-state index contributed by atoms with van der Waals surface area (Å²) in [5.74, 6) is -1.54. The van der Waals surface area contributed by atoms with Crippen LogP contribution in [0.4, 0.5) is 4.79 Å². The Bertz CT molecular complexity index is 564. The Morgan fingerprint density at radius 3 is 2.36 bits per heavy atom. The summed E-state index contributed by atoms with van der Waals surface area (Å²) in [6.07, 6.45) is -0.460. The van der Waals surface area contributed by atoms with Gasteiger partial charge in [-0.1, -0.05) is 37.3 Å². The summed E-state index contributed by atoms with van der Waals surface area (Å²) < 4.78 is 5.37. The zero-order valence-corrected chi connectivity index (χ0v) is 13.5. The number of benzene rings is 1. The summed E-state index contributed by atoms with van der Waals surface area (Å²) in [5, 5.41) is 9.56. The molecule has 0 saturated carbocycles. The van der Waals surface area contributed by atoms with Crippen molar-refractivity contribution < 1.29 is 19.4 Å². The van der Waals surface area contributed by atoms with Crippen molar-refractivity contribution in [2.45, 2.75) is 38.7 Å². The van der Waals surface area contributed by atoms with Crippen LogP contribution in [0.2, 0.25) is 0 Å². The average molecular weight is 305 g/mol. The maximum atomic E-state index is 12.3. The van der Waals surface area contributed by atoms with Crippen molar-refractivity contribution in [2.75, 3.05) is 13.1 Å². The van der Waals surface area contributed by atoms with E-state index in [2.05, 4.69) is 0 Å². The fraction of sp³-hybridized carbons (Fsp3) is 0.529. The Hall–Kier alpha value is -2.04. The molecular weight excluding hydrogens is 282 g/mol. The van der Waals surface area contributed by atoms with Crippen LogP contribution in [-0.4, -0.2) is 40.8 Å². The molecule has 0 aromatic heterocycles. The van der Waals surface area contributed by atoms with Gasteiger partial charge in [-0.2, -0.15) is 0 Å². The molecule has 1 amide bonds. The first-order valence-corrected chi connectivity index (χ1v) is 7.40. The van der Waals surface area contributed by atoms with E-state index in [0.717, 1.165) is 5.56 Å². The molecule has 1 N–H and O–H groups in total. The van der Waals surface area contributed by atoms with Gasteiger partial charge in [0.05, 0.1) is 5.92 Å². The highest BCUT2D eigenvalue weighted by Crippen LogP contribution is 2.39. The molecule has 0 bridgehead atoms. The maximum absolute atomic E-state index is 12.3. The summed E-state index contributed by atoms with van der Waals surface area (Å²) in [4.78, 5) is 25.4. The van der Waals surface area contributed by atoms with Crippen LogP contribution in [0, 0.1) is 5.92 Å². The second kappa shape index (κ2) is 5.63. The number of carbonyl (C=O) groups is 2. The number of hydrogen-bond donors (Lipinski definition) is 1. The normalized spacial score (nSPS) is 25.1. The van der Waals surface area contributed by atoms with E-state index in [0.29, 0.717) is 6.54 Å². The molecule has 5 heteroatoms. The number of carbonyl (C=O) groups excluding carboxylic acids is 1. The third-order valence-corrected chi connectivity index (χ3v) is 4.07. The number of carboxylic acid groups (broad SMARTS) is 1. The Morgan fingerprint density at radius 2 is 1.86 bits per heavy atom. The summed E-state index contributed by atoms with van der Waals surface area (Å²) in [6.45, 7) is 7.79. The van der Waals surface area contributed by atoms with Crippen molar-refractivity contribution in [3.63, 3.8) is 0 Å². The van der Waals surface area contributed by atoms with Gasteiger partial charge < -0.3 is 14.7 Å². The second-order valence-corrected chi connectivity index (χ2v) is 7.04. The van der Waals surface area contributed by atoms with Gasteiger partial charge in [0.2, 0.25) is 0 Å². The number of carboxylic acids is 1. The van der Waals surface area contributed by atoms with Crippen molar-refractivity contribution in [1.82, 2.24) is 4.90 Å². The molecule has 0 spiro atoms. The van der Waals surface area contributed by atoms with E-state index in [-0.39, 0.29) is 6.54 Å². The molecule has 1 aliphatic rings. The molecule has 1 fully saturated rings. The summed E-state index contributed by atoms with van der Waals surface area (Å²) in [5.41, 5.74) is -0.292. The number of nitrogens with zero attached hydrogens (tertiary/aromatic N) is 1. The average Bonchev–Trinajstić information content (AvgIpc) is 2.78. The Balaban J connectivity index is 2.28. The molecule has 0 unspecified atom stereocenters. The minimum atomic E-state index is -0.891. The molecule has 1 aliphatic heterocycles. The van der Waals surface area contributed by atoms with Gasteiger partial charge in [-0.15, -0.1) is 0 Å². The van der Waals surface area contributed by atoms with Gasteiger partial charge in [0, 0.05) is 18.5 Å². The smallest absolute Gasteiger partial charge is 0.410 e. The van der Waals surface area contributed by atoms with Crippen LogP contribution < -0.4 is 0 Å². The van der Waals surface area contributed by atoms with Crippen molar-refractivity contribution in [1.29, 1.82) is 0 Å². The van der Waals surface area contributed by atoms with E-state index in [1.54, 1.807) is 20.8 Å². The summed E-state index contributed by atoms with van der Waals surface area (Å²) in [6, 6.07) is 9.48. The Kier molecular flexibility index (Phi) is 4.18. The fourth-order valence-electron chi connectivity index (χ4n) is 2.92. The first kappa shape index (κ1) is 16.3. The third-order valence-electron chi connectivity index (χ3n) is 4.07. The predicted octanol–water partition coefficient (Wildman–Crippen LogP) is 2.90. The highest BCUT2D eigenvalue weighted by atomic mass is 16.6. The minimum Gasteiger partial charge on any atom is -0.481 e. The lowest BCUT2D eigenvalue weighted by Crippen LogP contribution is -2.38. The second-order valence-electron chi connectivity index (χ2n) is 7.04. The predicted molar refractivity (Wildman–Crippen MR) is 82.7 cm³/mol. The molecule has 22 heavy (non-hydrogen) atoms. The first-order chi connectivity index (χ1) is 10.1. The molecule has 1 heterocycles. The Labute approximate surface area is 130 Å². The molecule has 2 atom stereocenters. The quantitative estimate of drug-likeness (QED) is 0.912. The van der Waals surface area contributed by atoms with Gasteiger partial charge in [-0.25, -0.2) is 4.79 Å². The zero-order chi connectivity index (χ0) is 16.5. The molecular formula is C17H23NO4. The monoisotopic (exact) mass is 305 g/mol. The summed E-state index contributed by atoms with van der Waals surface area (Å²) in [7, 11) is 0. The van der Waals surface area contributed by atoms with Crippen LogP contribution in [0.3, 0.4) is 0 Å². The van der Waals surface area contributed by atoms with Crippen molar-refractivity contribution >= 4 is 12.1 Å². The number of amides is 1. The lowest BCUT2D eigenvalue weighted by Gasteiger charge is -2.29. The van der Waals surface area contributed by atoms with E-state index in [9.17, 15) is 14.7 Å². The topological polar surface area (TPSA) is 66.8 Å². The van der Waals surface area contributed by atoms with Gasteiger partial charge in [-0.3, -0.25) is 4.79 Å².